The summed E-state index contributed by atoms with van der Waals surface area (Å²) in [5.74, 6) is -0.860. The average Bonchev–Trinajstić information content (AvgIpc) is 3.56. The molecule has 0 saturated carbocycles. The molecule has 0 amide bonds. The van der Waals surface area contributed by atoms with Crippen LogP contribution in [0.15, 0.2) is 82.3 Å². The number of ketones is 1. The maximum absolute atomic E-state index is 14.5. The maximum atomic E-state index is 14.5. The first kappa shape index (κ1) is 26.1. The first-order chi connectivity index (χ1) is 18.0. The molecule has 0 N–H and O–H groups in total. The van der Waals surface area contributed by atoms with Crippen LogP contribution in [0.3, 0.4) is 0 Å². The van der Waals surface area contributed by atoms with Gasteiger partial charge in [-0.25, -0.2) is 12.8 Å². The van der Waals surface area contributed by atoms with E-state index in [4.69, 9.17) is 4.42 Å². The second-order valence-electron chi connectivity index (χ2n) is 9.23. The van der Waals surface area contributed by atoms with Crippen LogP contribution in [0.1, 0.15) is 30.4 Å². The van der Waals surface area contributed by atoms with E-state index in [1.54, 1.807) is 24.3 Å². The Hall–Kier alpha value is -3.50. The molecule has 10 heteroatoms. The molecule has 1 saturated heterocycles. The SMILES string of the molecule is O=C(CCc1ccc(F)c(-c2ccc(C(F)(F)F)cc2)c1)[C@@H]1CCCN1S(=O)(=O)c1cc2ccccc2o1. The molecule has 1 aromatic heterocycles. The van der Waals surface area contributed by atoms with Crippen molar-refractivity contribution in [3.63, 3.8) is 0 Å². The van der Waals surface area contributed by atoms with Gasteiger partial charge >= 0.3 is 6.18 Å². The molecule has 1 aliphatic heterocycles. The summed E-state index contributed by atoms with van der Waals surface area (Å²) in [4.78, 5) is 13.1. The first-order valence-electron chi connectivity index (χ1n) is 12.0. The third kappa shape index (κ3) is 5.10. The molecule has 38 heavy (non-hydrogen) atoms. The lowest BCUT2D eigenvalue weighted by atomic mass is 9.97. The predicted octanol–water partition coefficient (Wildman–Crippen LogP) is 6.61. The number of fused-ring (bicyclic) bond motifs is 1. The summed E-state index contributed by atoms with van der Waals surface area (Å²) < 4.78 is 86.4. The van der Waals surface area contributed by atoms with Gasteiger partial charge in [0.1, 0.15) is 11.4 Å². The van der Waals surface area contributed by atoms with E-state index >= 15 is 0 Å². The maximum Gasteiger partial charge on any atom is 0.416 e. The second kappa shape index (κ2) is 9.99. The van der Waals surface area contributed by atoms with Gasteiger partial charge in [-0.2, -0.15) is 17.5 Å². The molecule has 5 rings (SSSR count). The normalized spacial score (nSPS) is 16.8. The third-order valence-electron chi connectivity index (χ3n) is 6.76. The highest BCUT2D eigenvalue weighted by molar-refractivity contribution is 7.89. The van der Waals surface area contributed by atoms with Crippen LogP contribution in [0.4, 0.5) is 17.6 Å². The third-order valence-corrected chi connectivity index (χ3v) is 8.52. The van der Waals surface area contributed by atoms with Gasteiger partial charge in [0.15, 0.2) is 5.78 Å². The molecule has 0 unspecified atom stereocenters. The van der Waals surface area contributed by atoms with Crippen molar-refractivity contribution in [2.45, 2.75) is 43.0 Å². The number of benzene rings is 3. The predicted molar refractivity (Wildman–Crippen MR) is 133 cm³/mol. The van der Waals surface area contributed by atoms with Crippen LogP contribution < -0.4 is 0 Å². The highest BCUT2D eigenvalue weighted by Crippen LogP contribution is 2.33. The highest BCUT2D eigenvalue weighted by atomic mass is 32.2. The lowest BCUT2D eigenvalue weighted by molar-refractivity contribution is -0.137. The van der Waals surface area contributed by atoms with Gasteiger partial charge in [0.2, 0.25) is 5.09 Å². The number of hydrogen-bond acceptors (Lipinski definition) is 4. The van der Waals surface area contributed by atoms with Crippen molar-refractivity contribution >= 4 is 26.8 Å². The number of para-hydroxylation sites is 1. The van der Waals surface area contributed by atoms with Crippen molar-refractivity contribution in [3.05, 3.63) is 89.7 Å². The molecular weight excluding hydrogens is 522 g/mol. The molecule has 1 fully saturated rings. The van der Waals surface area contributed by atoms with Crippen LogP contribution >= 0.6 is 0 Å². The number of nitrogens with zero attached hydrogens (tertiary/aromatic N) is 1. The fourth-order valence-corrected chi connectivity index (χ4v) is 6.40. The molecule has 4 aromatic rings. The summed E-state index contributed by atoms with van der Waals surface area (Å²) >= 11 is 0. The monoisotopic (exact) mass is 545 g/mol. The molecule has 198 valence electrons. The zero-order chi connectivity index (χ0) is 27.1. The van der Waals surface area contributed by atoms with Crippen LogP contribution in [0.25, 0.3) is 22.1 Å². The van der Waals surface area contributed by atoms with Crippen molar-refractivity contribution in [2.75, 3.05) is 6.54 Å². The molecule has 0 radical (unpaired) electrons. The van der Waals surface area contributed by atoms with Gasteiger partial charge in [-0.05, 0) is 60.7 Å². The highest BCUT2D eigenvalue weighted by Gasteiger charge is 2.40. The fraction of sp³-hybridized carbons (Fsp3) is 0.250. The molecule has 0 aliphatic carbocycles. The summed E-state index contributed by atoms with van der Waals surface area (Å²) in [5, 5.41) is 0.437. The molecule has 1 atom stereocenters. The Labute approximate surface area is 216 Å². The largest absolute Gasteiger partial charge is 0.443 e. The van der Waals surface area contributed by atoms with Gasteiger partial charge in [0.05, 0.1) is 11.6 Å². The zero-order valence-corrected chi connectivity index (χ0v) is 20.9. The standard InChI is InChI=1S/C28H23F4NO4S/c29-23-13-7-18(16-22(23)19-9-11-21(12-10-19)28(30,31)32)8-14-25(34)24-5-3-15-33(24)38(35,36)27-17-20-4-1-2-6-26(20)37-27/h1-2,4,6-7,9-13,16-17,24H,3,5,8,14-15H2/t24-/m0/s1. The van der Waals surface area contributed by atoms with E-state index in [0.717, 1.165) is 12.1 Å². The number of halogens is 4. The number of furan rings is 1. The van der Waals surface area contributed by atoms with E-state index in [2.05, 4.69) is 0 Å². The van der Waals surface area contributed by atoms with Crippen LogP contribution in [0.5, 0.6) is 0 Å². The quantitative estimate of drug-likeness (QED) is 0.245. The van der Waals surface area contributed by atoms with Gasteiger partial charge in [0.25, 0.3) is 10.0 Å². The first-order valence-corrected chi connectivity index (χ1v) is 13.5. The Morgan fingerprint density at radius 3 is 2.45 bits per heavy atom. The molecule has 0 bridgehead atoms. The molecule has 3 aromatic carbocycles. The Kier molecular flexibility index (Phi) is 6.87. The van der Waals surface area contributed by atoms with E-state index in [9.17, 15) is 30.8 Å². The number of carbonyl (C=O) groups is 1. The molecule has 2 heterocycles. The number of aryl methyl sites for hydroxylation is 1. The Morgan fingerprint density at radius 2 is 1.74 bits per heavy atom. The van der Waals surface area contributed by atoms with Crippen LogP contribution in [-0.2, 0) is 27.4 Å². The van der Waals surface area contributed by atoms with Gasteiger partial charge in [-0.15, -0.1) is 0 Å². The molecular formula is C28H23F4NO4S. The van der Waals surface area contributed by atoms with E-state index in [-0.39, 0.29) is 41.4 Å². The second-order valence-corrected chi connectivity index (χ2v) is 11.1. The summed E-state index contributed by atoms with van der Waals surface area (Å²) in [6.45, 7) is 0.199. The minimum Gasteiger partial charge on any atom is -0.443 e. The van der Waals surface area contributed by atoms with Crippen LogP contribution in [0.2, 0.25) is 0 Å². The number of hydrogen-bond donors (Lipinski definition) is 0. The fourth-order valence-electron chi connectivity index (χ4n) is 4.77. The minimum absolute atomic E-state index is 0.0227. The lowest BCUT2D eigenvalue weighted by Crippen LogP contribution is -2.40. The number of Topliss-reactive ketones (excluding diaryl/α,β-unsaturated/α-hetero) is 1. The van der Waals surface area contributed by atoms with Gasteiger partial charge in [0, 0.05) is 30.0 Å². The molecule has 1 aliphatic rings. The summed E-state index contributed by atoms with van der Waals surface area (Å²) in [5.41, 5.74) is 0.621. The average molecular weight is 546 g/mol. The lowest BCUT2D eigenvalue weighted by Gasteiger charge is -2.21. The Morgan fingerprint density at radius 1 is 1.00 bits per heavy atom. The van der Waals surface area contributed by atoms with Crippen molar-refractivity contribution in [2.24, 2.45) is 0 Å². The minimum atomic E-state index is -4.49. The van der Waals surface area contributed by atoms with Gasteiger partial charge in [-0.3, -0.25) is 4.79 Å². The summed E-state index contributed by atoms with van der Waals surface area (Å²) in [6, 6.07) is 16.0. The van der Waals surface area contributed by atoms with Crippen molar-refractivity contribution < 1.29 is 35.2 Å². The Balaban J connectivity index is 1.30. The summed E-state index contributed by atoms with van der Waals surface area (Å²) in [7, 11) is -4.02. The van der Waals surface area contributed by atoms with Gasteiger partial charge in [-0.1, -0.05) is 36.4 Å². The van der Waals surface area contributed by atoms with Crippen molar-refractivity contribution in [1.29, 1.82) is 0 Å². The van der Waals surface area contributed by atoms with Crippen molar-refractivity contribution in [1.82, 2.24) is 4.31 Å². The van der Waals surface area contributed by atoms with Crippen molar-refractivity contribution in [3.8, 4) is 11.1 Å². The van der Waals surface area contributed by atoms with E-state index in [1.165, 1.54) is 40.7 Å². The van der Waals surface area contributed by atoms with E-state index < -0.39 is 33.6 Å². The smallest absolute Gasteiger partial charge is 0.416 e. The van der Waals surface area contributed by atoms with E-state index in [1.807, 2.05) is 0 Å². The topological polar surface area (TPSA) is 67.6 Å². The molecule has 0 spiro atoms. The number of rotatable bonds is 7. The number of sulfonamides is 1. The van der Waals surface area contributed by atoms with E-state index in [0.29, 0.717) is 29.4 Å². The van der Waals surface area contributed by atoms with Crippen LogP contribution in [-0.4, -0.2) is 31.1 Å². The number of carbonyl (C=O) groups excluding carboxylic acids is 1. The number of alkyl halides is 3. The molecule has 5 nitrogen and oxygen atoms in total. The van der Waals surface area contributed by atoms with Crippen LogP contribution in [0, 0.1) is 5.82 Å². The summed E-state index contributed by atoms with van der Waals surface area (Å²) in [6.07, 6.45) is -3.33. The Bertz CT molecular complexity index is 1560. The van der Waals surface area contributed by atoms with Gasteiger partial charge < -0.3 is 4.42 Å². The zero-order valence-electron chi connectivity index (χ0n) is 20.0.